The van der Waals surface area contributed by atoms with Gasteiger partial charge in [0.05, 0.1) is 23.0 Å². The zero-order valence-corrected chi connectivity index (χ0v) is 18.9. The normalized spacial score (nSPS) is 16.2. The molecule has 0 amide bonds. The fourth-order valence-corrected chi connectivity index (χ4v) is 4.76. The van der Waals surface area contributed by atoms with E-state index >= 15 is 0 Å². The van der Waals surface area contributed by atoms with Gasteiger partial charge in [0.15, 0.2) is 0 Å². The SMILES string of the molecule is CC(c1nc2ccccc2c(=O)[nH]1)N1CCN(C(c2ccc(F)cc2)c2ccc(F)cc2)CC1. The average Bonchev–Trinajstić information content (AvgIpc) is 2.86. The van der Waals surface area contributed by atoms with Gasteiger partial charge in [-0.15, -0.1) is 0 Å². The Labute approximate surface area is 196 Å². The minimum absolute atomic E-state index is 0.0467. The Morgan fingerprint density at radius 3 is 1.91 bits per heavy atom. The molecule has 1 N–H and O–H groups in total. The van der Waals surface area contributed by atoms with Crippen LogP contribution in [0.15, 0.2) is 77.6 Å². The van der Waals surface area contributed by atoms with Gasteiger partial charge < -0.3 is 4.98 Å². The number of nitrogens with zero attached hydrogens (tertiary/aromatic N) is 3. The number of rotatable bonds is 5. The van der Waals surface area contributed by atoms with Gasteiger partial charge in [0.1, 0.15) is 17.5 Å². The molecule has 1 saturated heterocycles. The van der Waals surface area contributed by atoms with E-state index in [0.29, 0.717) is 16.7 Å². The Morgan fingerprint density at radius 2 is 1.32 bits per heavy atom. The number of H-pyrrole nitrogens is 1. The molecule has 5 rings (SSSR count). The summed E-state index contributed by atoms with van der Waals surface area (Å²) >= 11 is 0. The molecule has 1 fully saturated rings. The van der Waals surface area contributed by atoms with Crippen molar-refractivity contribution < 1.29 is 8.78 Å². The lowest BCUT2D eigenvalue weighted by Gasteiger charge is -2.41. The van der Waals surface area contributed by atoms with Crippen molar-refractivity contribution in [2.45, 2.75) is 19.0 Å². The fraction of sp³-hybridized carbons (Fsp3) is 0.259. The molecule has 174 valence electrons. The summed E-state index contributed by atoms with van der Waals surface area (Å²) in [4.78, 5) is 24.8. The summed E-state index contributed by atoms with van der Waals surface area (Å²) in [5.41, 5.74) is 2.50. The van der Waals surface area contributed by atoms with Crippen molar-refractivity contribution in [1.29, 1.82) is 0 Å². The largest absolute Gasteiger partial charge is 0.309 e. The number of halogens is 2. The van der Waals surface area contributed by atoms with Gasteiger partial charge in [-0.2, -0.15) is 0 Å². The van der Waals surface area contributed by atoms with Crippen molar-refractivity contribution in [3.63, 3.8) is 0 Å². The van der Waals surface area contributed by atoms with E-state index in [1.54, 1.807) is 30.3 Å². The van der Waals surface area contributed by atoms with E-state index in [0.717, 1.165) is 37.3 Å². The van der Waals surface area contributed by atoms with Crippen LogP contribution in [0.1, 0.15) is 36.0 Å². The first-order valence-electron chi connectivity index (χ1n) is 11.5. The third-order valence-electron chi connectivity index (χ3n) is 6.66. The first-order chi connectivity index (χ1) is 16.5. The highest BCUT2D eigenvalue weighted by Gasteiger charge is 2.29. The van der Waals surface area contributed by atoms with Crippen LogP contribution in [0.3, 0.4) is 0 Å². The van der Waals surface area contributed by atoms with E-state index in [2.05, 4.69) is 21.7 Å². The van der Waals surface area contributed by atoms with Crippen molar-refractivity contribution >= 4 is 10.9 Å². The predicted octanol–water partition coefficient (Wildman–Crippen LogP) is 4.67. The van der Waals surface area contributed by atoms with Crippen LogP contribution in [-0.2, 0) is 0 Å². The van der Waals surface area contributed by atoms with Crippen molar-refractivity contribution in [1.82, 2.24) is 19.8 Å². The van der Waals surface area contributed by atoms with E-state index in [-0.39, 0.29) is 29.3 Å². The number of nitrogens with one attached hydrogen (secondary N) is 1. The second-order valence-electron chi connectivity index (χ2n) is 8.72. The van der Waals surface area contributed by atoms with Gasteiger partial charge in [0.2, 0.25) is 0 Å². The van der Waals surface area contributed by atoms with E-state index in [1.165, 1.54) is 24.3 Å². The van der Waals surface area contributed by atoms with E-state index in [4.69, 9.17) is 4.98 Å². The van der Waals surface area contributed by atoms with Crippen molar-refractivity contribution in [3.05, 3.63) is 112 Å². The van der Waals surface area contributed by atoms with Crippen molar-refractivity contribution in [3.8, 4) is 0 Å². The Bertz CT molecular complexity index is 1280. The summed E-state index contributed by atoms with van der Waals surface area (Å²) in [6.45, 7) is 5.14. The van der Waals surface area contributed by atoms with Crippen molar-refractivity contribution in [2.75, 3.05) is 26.2 Å². The molecule has 1 aliphatic heterocycles. The number of piperazine rings is 1. The molecule has 4 aromatic rings. The fourth-order valence-electron chi connectivity index (χ4n) is 4.76. The quantitative estimate of drug-likeness (QED) is 0.470. The second-order valence-corrected chi connectivity index (χ2v) is 8.72. The summed E-state index contributed by atoms with van der Waals surface area (Å²) in [6, 6.07) is 20.2. The van der Waals surface area contributed by atoms with Crippen LogP contribution in [0, 0.1) is 11.6 Å². The highest BCUT2D eigenvalue weighted by Crippen LogP contribution is 2.31. The summed E-state index contributed by atoms with van der Waals surface area (Å²) in [6.07, 6.45) is 0. The summed E-state index contributed by atoms with van der Waals surface area (Å²) < 4.78 is 27.1. The molecule has 0 spiro atoms. The molecule has 0 aliphatic carbocycles. The van der Waals surface area contributed by atoms with Crippen LogP contribution in [0.25, 0.3) is 10.9 Å². The second kappa shape index (κ2) is 9.44. The third kappa shape index (κ3) is 4.49. The Kier molecular flexibility index (Phi) is 6.22. The van der Waals surface area contributed by atoms with Gasteiger partial charge in [0.25, 0.3) is 5.56 Å². The topological polar surface area (TPSA) is 52.2 Å². The minimum atomic E-state index is -0.280. The molecule has 1 atom stereocenters. The lowest BCUT2D eigenvalue weighted by molar-refractivity contribution is 0.0812. The van der Waals surface area contributed by atoms with Gasteiger partial charge in [-0.05, 0) is 54.4 Å². The highest BCUT2D eigenvalue weighted by molar-refractivity contribution is 5.77. The van der Waals surface area contributed by atoms with Crippen LogP contribution < -0.4 is 5.56 Å². The van der Waals surface area contributed by atoms with E-state index in [1.807, 2.05) is 18.2 Å². The molecule has 0 bridgehead atoms. The maximum absolute atomic E-state index is 13.6. The van der Waals surface area contributed by atoms with Crippen LogP contribution in [0.2, 0.25) is 0 Å². The van der Waals surface area contributed by atoms with Crippen LogP contribution in [0.5, 0.6) is 0 Å². The smallest absolute Gasteiger partial charge is 0.258 e. The maximum atomic E-state index is 13.6. The van der Waals surface area contributed by atoms with Crippen LogP contribution in [-0.4, -0.2) is 45.9 Å². The Balaban J connectivity index is 1.36. The first-order valence-corrected chi connectivity index (χ1v) is 11.5. The van der Waals surface area contributed by atoms with Gasteiger partial charge in [-0.25, -0.2) is 13.8 Å². The van der Waals surface area contributed by atoms with Crippen LogP contribution in [0.4, 0.5) is 8.78 Å². The van der Waals surface area contributed by atoms with E-state index in [9.17, 15) is 13.6 Å². The summed E-state index contributed by atoms with van der Waals surface area (Å²) in [5.74, 6) is 0.0972. The Hall–Kier alpha value is -3.42. The molecule has 7 heteroatoms. The zero-order valence-electron chi connectivity index (χ0n) is 18.9. The number of benzene rings is 3. The predicted molar refractivity (Wildman–Crippen MR) is 129 cm³/mol. The van der Waals surface area contributed by atoms with Gasteiger partial charge in [0, 0.05) is 26.2 Å². The zero-order chi connectivity index (χ0) is 23.7. The number of hydrogen-bond acceptors (Lipinski definition) is 4. The standard InChI is InChI=1S/C27H26F2N4O/c1-18(26-30-24-5-3-2-4-23(24)27(34)31-26)32-14-16-33(17-15-32)25(19-6-10-21(28)11-7-19)20-8-12-22(29)13-9-20/h2-13,18,25H,14-17H2,1H3,(H,30,31,34). The van der Waals surface area contributed by atoms with Crippen LogP contribution >= 0.6 is 0 Å². The molecule has 1 aromatic heterocycles. The average molecular weight is 461 g/mol. The lowest BCUT2D eigenvalue weighted by Crippen LogP contribution is -2.48. The van der Waals surface area contributed by atoms with Crippen molar-refractivity contribution in [2.24, 2.45) is 0 Å². The summed E-state index contributed by atoms with van der Waals surface area (Å²) in [7, 11) is 0. The minimum Gasteiger partial charge on any atom is -0.309 e. The lowest BCUT2D eigenvalue weighted by atomic mass is 9.96. The molecule has 5 nitrogen and oxygen atoms in total. The Morgan fingerprint density at radius 1 is 0.794 bits per heavy atom. The number of para-hydroxylation sites is 1. The first kappa shape index (κ1) is 22.4. The van der Waals surface area contributed by atoms with E-state index < -0.39 is 0 Å². The molecule has 3 aromatic carbocycles. The molecule has 1 aliphatic rings. The number of fused-ring (bicyclic) bond motifs is 1. The monoisotopic (exact) mass is 460 g/mol. The highest BCUT2D eigenvalue weighted by atomic mass is 19.1. The van der Waals surface area contributed by atoms with Gasteiger partial charge in [-0.3, -0.25) is 14.6 Å². The number of aromatic amines is 1. The molecule has 1 unspecified atom stereocenters. The molecular formula is C27H26F2N4O. The molecular weight excluding hydrogens is 434 g/mol. The van der Waals surface area contributed by atoms with Gasteiger partial charge in [-0.1, -0.05) is 36.4 Å². The molecule has 34 heavy (non-hydrogen) atoms. The molecule has 0 radical (unpaired) electrons. The maximum Gasteiger partial charge on any atom is 0.258 e. The molecule has 2 heterocycles. The number of aromatic nitrogens is 2. The summed E-state index contributed by atoms with van der Waals surface area (Å²) in [5, 5.41) is 0.588. The molecule has 0 saturated carbocycles. The van der Waals surface area contributed by atoms with Gasteiger partial charge >= 0.3 is 0 Å². The third-order valence-corrected chi connectivity index (χ3v) is 6.66. The number of hydrogen-bond donors (Lipinski definition) is 1.